The number of rotatable bonds is 3. The Balaban J connectivity index is 2.17. The average molecular weight is 344 g/mol. The molecule has 1 aliphatic heterocycles. The number of benzene rings is 2. The van der Waals surface area contributed by atoms with Crippen LogP contribution < -0.4 is 9.62 Å². The Bertz CT molecular complexity index is 906. The maximum absolute atomic E-state index is 13.3. The smallest absolute Gasteiger partial charge is 0.265 e. The van der Waals surface area contributed by atoms with E-state index in [-0.39, 0.29) is 10.8 Å². The third-order valence-corrected chi connectivity index (χ3v) is 6.32. The molecule has 0 saturated heterocycles. The van der Waals surface area contributed by atoms with Crippen molar-refractivity contribution in [2.45, 2.75) is 31.2 Å². The second kappa shape index (κ2) is 5.94. The number of carbonyl (C=O) groups is 1. The van der Waals surface area contributed by atoms with E-state index in [1.807, 2.05) is 25.1 Å². The molecule has 5 nitrogen and oxygen atoms in total. The fraction of sp³-hybridized carbons (Fsp3) is 0.278. The van der Waals surface area contributed by atoms with E-state index in [0.717, 1.165) is 11.1 Å². The lowest BCUT2D eigenvalue weighted by Crippen LogP contribution is -2.47. The van der Waals surface area contributed by atoms with Crippen molar-refractivity contribution >= 4 is 21.6 Å². The van der Waals surface area contributed by atoms with Gasteiger partial charge in [-0.3, -0.25) is 9.10 Å². The van der Waals surface area contributed by atoms with Crippen molar-refractivity contribution < 1.29 is 13.2 Å². The molecule has 0 aromatic heterocycles. The molecular formula is C18H20N2O3S. The van der Waals surface area contributed by atoms with Crippen LogP contribution >= 0.6 is 0 Å². The number of anilines is 1. The van der Waals surface area contributed by atoms with Gasteiger partial charge in [-0.15, -0.1) is 0 Å². The van der Waals surface area contributed by atoms with Crippen LogP contribution in [-0.2, 0) is 21.2 Å². The molecule has 1 amide bonds. The van der Waals surface area contributed by atoms with Crippen molar-refractivity contribution in [3.05, 3.63) is 59.2 Å². The normalized spacial score (nSPS) is 16.8. The zero-order valence-corrected chi connectivity index (χ0v) is 14.7. The highest BCUT2D eigenvalue weighted by molar-refractivity contribution is 7.93. The summed E-state index contributed by atoms with van der Waals surface area (Å²) in [5, 5.41) is 2.57. The first-order chi connectivity index (χ1) is 11.4. The van der Waals surface area contributed by atoms with Crippen molar-refractivity contribution in [3.63, 3.8) is 0 Å². The van der Waals surface area contributed by atoms with Crippen LogP contribution in [0.5, 0.6) is 0 Å². The highest BCUT2D eigenvalue weighted by atomic mass is 32.2. The molecule has 24 heavy (non-hydrogen) atoms. The van der Waals surface area contributed by atoms with Gasteiger partial charge in [0.1, 0.15) is 6.04 Å². The fourth-order valence-corrected chi connectivity index (χ4v) is 5.08. The van der Waals surface area contributed by atoms with Crippen LogP contribution in [0.1, 0.15) is 16.7 Å². The van der Waals surface area contributed by atoms with E-state index in [0.29, 0.717) is 17.7 Å². The molecular weight excluding hydrogens is 324 g/mol. The molecule has 6 heteroatoms. The monoisotopic (exact) mass is 344 g/mol. The number of aryl methyl sites for hydroxylation is 2. The summed E-state index contributed by atoms with van der Waals surface area (Å²) in [4.78, 5) is 12.5. The summed E-state index contributed by atoms with van der Waals surface area (Å²) in [7, 11) is -2.31. The topological polar surface area (TPSA) is 66.5 Å². The predicted molar refractivity (Wildman–Crippen MR) is 93.6 cm³/mol. The van der Waals surface area contributed by atoms with Crippen LogP contribution in [0, 0.1) is 13.8 Å². The van der Waals surface area contributed by atoms with E-state index >= 15 is 0 Å². The van der Waals surface area contributed by atoms with Crippen LogP contribution in [0.2, 0.25) is 0 Å². The minimum Gasteiger partial charge on any atom is -0.357 e. The lowest BCUT2D eigenvalue weighted by atomic mass is 10.1. The summed E-state index contributed by atoms with van der Waals surface area (Å²) in [5.41, 5.74) is 3.11. The maximum atomic E-state index is 13.3. The molecule has 1 N–H and O–H groups in total. The number of nitrogens with one attached hydrogen (secondary N) is 1. The summed E-state index contributed by atoms with van der Waals surface area (Å²) in [5.74, 6) is -0.306. The molecule has 0 radical (unpaired) electrons. The average Bonchev–Trinajstić information content (AvgIpc) is 2.93. The zero-order valence-electron chi connectivity index (χ0n) is 13.9. The largest absolute Gasteiger partial charge is 0.357 e. The lowest BCUT2D eigenvalue weighted by Gasteiger charge is -2.26. The number of nitrogens with zero attached hydrogens (tertiary/aromatic N) is 1. The van der Waals surface area contributed by atoms with Gasteiger partial charge in [0, 0.05) is 13.5 Å². The first-order valence-corrected chi connectivity index (χ1v) is 9.21. The summed E-state index contributed by atoms with van der Waals surface area (Å²) in [6, 6.07) is 11.7. The molecule has 1 aliphatic rings. The first kappa shape index (κ1) is 16.5. The van der Waals surface area contributed by atoms with E-state index in [2.05, 4.69) is 5.32 Å². The van der Waals surface area contributed by atoms with Gasteiger partial charge in [0.05, 0.1) is 10.6 Å². The number of sulfonamides is 1. The predicted octanol–water partition coefficient (Wildman–Crippen LogP) is 2.17. The van der Waals surface area contributed by atoms with E-state index in [1.165, 1.54) is 11.4 Å². The van der Waals surface area contributed by atoms with Crippen molar-refractivity contribution in [1.29, 1.82) is 0 Å². The molecule has 0 saturated carbocycles. The fourth-order valence-electron chi connectivity index (χ4n) is 3.22. The Labute approximate surface area is 142 Å². The summed E-state index contributed by atoms with van der Waals surface area (Å²) >= 11 is 0. The number of carbonyl (C=O) groups excluding carboxylic acids is 1. The van der Waals surface area contributed by atoms with Gasteiger partial charge in [-0.05, 0) is 37.1 Å². The van der Waals surface area contributed by atoms with Crippen LogP contribution in [0.4, 0.5) is 5.69 Å². The highest BCUT2D eigenvalue weighted by Gasteiger charge is 2.42. The molecule has 0 unspecified atom stereocenters. The van der Waals surface area contributed by atoms with Gasteiger partial charge >= 0.3 is 0 Å². The van der Waals surface area contributed by atoms with Gasteiger partial charge in [-0.1, -0.05) is 35.9 Å². The Morgan fingerprint density at radius 3 is 2.54 bits per heavy atom. The maximum Gasteiger partial charge on any atom is 0.265 e. The van der Waals surface area contributed by atoms with E-state index in [4.69, 9.17) is 0 Å². The van der Waals surface area contributed by atoms with Crippen LogP contribution in [0.15, 0.2) is 47.4 Å². The van der Waals surface area contributed by atoms with Gasteiger partial charge in [0.2, 0.25) is 5.91 Å². The Kier molecular flexibility index (Phi) is 4.09. The molecule has 3 rings (SSSR count). The second-order valence-electron chi connectivity index (χ2n) is 6.03. The molecule has 1 atom stereocenters. The van der Waals surface area contributed by atoms with Crippen LogP contribution in [0.25, 0.3) is 0 Å². The third-order valence-electron chi connectivity index (χ3n) is 4.34. The molecule has 2 aromatic rings. The Hall–Kier alpha value is -2.34. The highest BCUT2D eigenvalue weighted by Crippen LogP contribution is 2.37. The number of hydrogen-bond acceptors (Lipinski definition) is 3. The van der Waals surface area contributed by atoms with Gasteiger partial charge in [-0.25, -0.2) is 8.42 Å². The summed E-state index contributed by atoms with van der Waals surface area (Å²) in [6.45, 7) is 3.69. The SMILES string of the molecule is CNC(=O)[C@@H]1Cc2ccccc2N1S(=O)(=O)c1ccc(C)cc1C. The van der Waals surface area contributed by atoms with Crippen molar-refractivity contribution in [3.8, 4) is 0 Å². The number of likely N-dealkylation sites (N-methyl/N-ethyl adjacent to an activating group) is 1. The van der Waals surface area contributed by atoms with Gasteiger partial charge in [0.25, 0.3) is 10.0 Å². The first-order valence-electron chi connectivity index (χ1n) is 7.77. The lowest BCUT2D eigenvalue weighted by molar-refractivity contribution is -0.121. The molecule has 0 spiro atoms. The van der Waals surface area contributed by atoms with E-state index in [9.17, 15) is 13.2 Å². The minimum absolute atomic E-state index is 0.235. The second-order valence-corrected chi connectivity index (χ2v) is 7.82. The Morgan fingerprint density at radius 1 is 1.17 bits per heavy atom. The van der Waals surface area contributed by atoms with Crippen LogP contribution in [-0.4, -0.2) is 27.4 Å². The standard InChI is InChI=1S/C18H20N2O3S/c1-12-8-9-17(13(2)10-12)24(22,23)20-15-7-5-4-6-14(15)11-16(20)18(21)19-3/h4-10,16H,11H2,1-3H3,(H,19,21)/t16-/m0/s1. The molecule has 2 aromatic carbocycles. The minimum atomic E-state index is -3.83. The van der Waals surface area contributed by atoms with Gasteiger partial charge in [-0.2, -0.15) is 0 Å². The number of hydrogen-bond donors (Lipinski definition) is 1. The summed E-state index contributed by atoms with van der Waals surface area (Å²) < 4.78 is 27.9. The van der Waals surface area contributed by atoms with Crippen molar-refractivity contribution in [1.82, 2.24) is 5.32 Å². The molecule has 0 fully saturated rings. The molecule has 0 bridgehead atoms. The van der Waals surface area contributed by atoms with E-state index < -0.39 is 16.1 Å². The molecule has 126 valence electrons. The van der Waals surface area contributed by atoms with Gasteiger partial charge < -0.3 is 5.32 Å². The Morgan fingerprint density at radius 2 is 1.88 bits per heavy atom. The van der Waals surface area contributed by atoms with Crippen LogP contribution in [0.3, 0.4) is 0 Å². The number of fused-ring (bicyclic) bond motifs is 1. The zero-order chi connectivity index (χ0) is 17.5. The summed E-state index contributed by atoms with van der Waals surface area (Å²) in [6.07, 6.45) is 0.375. The third kappa shape index (κ3) is 2.57. The van der Waals surface area contributed by atoms with Gasteiger partial charge in [0.15, 0.2) is 0 Å². The number of para-hydroxylation sites is 1. The quantitative estimate of drug-likeness (QED) is 0.928. The van der Waals surface area contributed by atoms with Crippen molar-refractivity contribution in [2.24, 2.45) is 0 Å². The molecule has 0 aliphatic carbocycles. The van der Waals surface area contributed by atoms with E-state index in [1.54, 1.807) is 31.2 Å². The molecule has 1 heterocycles. The van der Waals surface area contributed by atoms with Crippen molar-refractivity contribution in [2.75, 3.05) is 11.4 Å². The number of amides is 1.